The van der Waals surface area contributed by atoms with Gasteiger partial charge < -0.3 is 10.1 Å². The lowest BCUT2D eigenvalue weighted by atomic mass is 10.1. The van der Waals surface area contributed by atoms with Crippen molar-refractivity contribution in [1.29, 1.82) is 0 Å². The van der Waals surface area contributed by atoms with Crippen molar-refractivity contribution in [3.05, 3.63) is 24.0 Å². The van der Waals surface area contributed by atoms with Crippen molar-refractivity contribution in [2.24, 2.45) is 0 Å². The van der Waals surface area contributed by atoms with Crippen molar-refractivity contribution in [1.82, 2.24) is 4.98 Å². The van der Waals surface area contributed by atoms with Crippen LogP contribution in [0.3, 0.4) is 0 Å². The molecule has 2 N–H and O–H groups in total. The summed E-state index contributed by atoms with van der Waals surface area (Å²) in [4.78, 5) is 14.4. The monoisotopic (exact) mass is 195 g/mol. The molecule has 0 aliphatic carbocycles. The average Bonchev–Trinajstić information content (AvgIpc) is 2.70. The molecule has 0 radical (unpaired) electrons. The minimum atomic E-state index is 0.180. The van der Waals surface area contributed by atoms with Gasteiger partial charge in [0.2, 0.25) is 0 Å². The number of aromatic nitrogens is 1. The van der Waals surface area contributed by atoms with Crippen LogP contribution in [0.1, 0.15) is 42.6 Å². The molecule has 0 spiro atoms. The standard InChI is InChI=1S/C11H17NO2/c13-9-4-2-1-3-7-11(14)10-6-5-8-12-10/h5-6,8,12-13H,1-4,7,9H2. The molecule has 0 fully saturated rings. The van der Waals surface area contributed by atoms with Crippen molar-refractivity contribution >= 4 is 5.78 Å². The van der Waals surface area contributed by atoms with Crippen molar-refractivity contribution < 1.29 is 9.90 Å². The molecule has 0 aliphatic heterocycles. The Morgan fingerprint density at radius 1 is 1.29 bits per heavy atom. The summed E-state index contributed by atoms with van der Waals surface area (Å²) in [5.74, 6) is 0.180. The first-order valence-electron chi connectivity index (χ1n) is 5.12. The molecule has 14 heavy (non-hydrogen) atoms. The van der Waals surface area contributed by atoms with E-state index in [1.54, 1.807) is 12.3 Å². The molecular formula is C11H17NO2. The predicted octanol–water partition coefficient (Wildman–Crippen LogP) is 2.14. The number of aliphatic hydroxyl groups excluding tert-OH is 1. The zero-order valence-corrected chi connectivity index (χ0v) is 8.33. The number of ketones is 1. The molecule has 0 saturated carbocycles. The van der Waals surface area contributed by atoms with Crippen LogP contribution in [0.2, 0.25) is 0 Å². The Morgan fingerprint density at radius 2 is 2.07 bits per heavy atom. The summed E-state index contributed by atoms with van der Waals surface area (Å²) >= 11 is 0. The Kier molecular flexibility index (Phi) is 5.00. The summed E-state index contributed by atoms with van der Waals surface area (Å²) < 4.78 is 0. The minimum absolute atomic E-state index is 0.180. The van der Waals surface area contributed by atoms with Crippen LogP contribution in [0.25, 0.3) is 0 Å². The number of aromatic amines is 1. The number of Topliss-reactive ketones (excluding diaryl/α,β-unsaturated/α-hetero) is 1. The van der Waals surface area contributed by atoms with E-state index in [2.05, 4.69) is 4.98 Å². The molecular weight excluding hydrogens is 178 g/mol. The molecule has 3 heteroatoms. The summed E-state index contributed by atoms with van der Waals surface area (Å²) in [6.07, 6.45) is 6.15. The maximum atomic E-state index is 11.5. The SMILES string of the molecule is O=C(CCCCCCO)c1ccc[nH]1. The summed E-state index contributed by atoms with van der Waals surface area (Å²) in [6, 6.07) is 3.63. The molecule has 0 unspecified atom stereocenters. The third-order valence-electron chi connectivity index (χ3n) is 2.21. The summed E-state index contributed by atoms with van der Waals surface area (Å²) in [6.45, 7) is 0.255. The lowest BCUT2D eigenvalue weighted by Crippen LogP contribution is -1.98. The van der Waals surface area contributed by atoms with Crippen molar-refractivity contribution in [3.8, 4) is 0 Å². The summed E-state index contributed by atoms with van der Waals surface area (Å²) in [5, 5.41) is 8.55. The third-order valence-corrected chi connectivity index (χ3v) is 2.21. The van der Waals surface area contributed by atoms with Gasteiger partial charge in [0.15, 0.2) is 5.78 Å². The van der Waals surface area contributed by atoms with Crippen LogP contribution in [-0.2, 0) is 0 Å². The molecule has 1 heterocycles. The van der Waals surface area contributed by atoms with Gasteiger partial charge in [-0.25, -0.2) is 0 Å². The smallest absolute Gasteiger partial charge is 0.178 e. The van der Waals surface area contributed by atoms with Crippen molar-refractivity contribution in [3.63, 3.8) is 0 Å². The fraction of sp³-hybridized carbons (Fsp3) is 0.545. The second-order valence-electron chi connectivity index (χ2n) is 3.39. The average molecular weight is 195 g/mol. The number of rotatable bonds is 7. The molecule has 1 aromatic heterocycles. The summed E-state index contributed by atoms with van der Waals surface area (Å²) in [5.41, 5.74) is 0.701. The highest BCUT2D eigenvalue weighted by Crippen LogP contribution is 2.07. The van der Waals surface area contributed by atoms with Crippen LogP contribution in [0.4, 0.5) is 0 Å². The van der Waals surface area contributed by atoms with E-state index in [9.17, 15) is 4.79 Å². The Hall–Kier alpha value is -1.09. The van der Waals surface area contributed by atoms with E-state index in [1.165, 1.54) is 0 Å². The zero-order chi connectivity index (χ0) is 10.2. The van der Waals surface area contributed by atoms with Gasteiger partial charge in [-0.1, -0.05) is 12.8 Å². The van der Waals surface area contributed by atoms with Gasteiger partial charge >= 0.3 is 0 Å². The van der Waals surface area contributed by atoms with E-state index in [-0.39, 0.29) is 12.4 Å². The molecule has 1 aromatic rings. The predicted molar refractivity (Wildman–Crippen MR) is 55.3 cm³/mol. The van der Waals surface area contributed by atoms with Crippen LogP contribution in [0.15, 0.2) is 18.3 Å². The fourth-order valence-electron chi connectivity index (χ4n) is 1.39. The van der Waals surface area contributed by atoms with Gasteiger partial charge in [0.25, 0.3) is 0 Å². The topological polar surface area (TPSA) is 53.1 Å². The second-order valence-corrected chi connectivity index (χ2v) is 3.39. The first kappa shape index (κ1) is 11.0. The normalized spacial score (nSPS) is 10.4. The van der Waals surface area contributed by atoms with Gasteiger partial charge in [-0.2, -0.15) is 0 Å². The number of carbonyl (C=O) groups excluding carboxylic acids is 1. The van der Waals surface area contributed by atoms with E-state index >= 15 is 0 Å². The lowest BCUT2D eigenvalue weighted by molar-refractivity contribution is 0.0975. The Morgan fingerprint density at radius 3 is 2.71 bits per heavy atom. The van der Waals surface area contributed by atoms with Gasteiger partial charge in [-0.05, 0) is 25.0 Å². The number of aliphatic hydroxyl groups is 1. The minimum Gasteiger partial charge on any atom is -0.396 e. The van der Waals surface area contributed by atoms with E-state index in [4.69, 9.17) is 5.11 Å². The molecule has 0 aromatic carbocycles. The van der Waals surface area contributed by atoms with Crippen LogP contribution in [0, 0.1) is 0 Å². The molecule has 1 rings (SSSR count). The van der Waals surface area contributed by atoms with Gasteiger partial charge in [0, 0.05) is 19.2 Å². The molecule has 0 bridgehead atoms. The van der Waals surface area contributed by atoms with Gasteiger partial charge in [0.05, 0.1) is 5.69 Å². The zero-order valence-electron chi connectivity index (χ0n) is 8.33. The molecule has 0 atom stereocenters. The highest BCUT2D eigenvalue weighted by molar-refractivity contribution is 5.94. The quantitative estimate of drug-likeness (QED) is 0.517. The molecule has 0 amide bonds. The fourth-order valence-corrected chi connectivity index (χ4v) is 1.39. The van der Waals surface area contributed by atoms with Gasteiger partial charge in [-0.15, -0.1) is 0 Å². The highest BCUT2D eigenvalue weighted by Gasteiger charge is 2.04. The van der Waals surface area contributed by atoms with Crippen LogP contribution in [0.5, 0.6) is 0 Å². The van der Waals surface area contributed by atoms with E-state index in [0.717, 1.165) is 25.7 Å². The molecule has 3 nitrogen and oxygen atoms in total. The third kappa shape index (κ3) is 3.75. The number of H-pyrrole nitrogens is 1. The highest BCUT2D eigenvalue weighted by atomic mass is 16.2. The van der Waals surface area contributed by atoms with Crippen LogP contribution >= 0.6 is 0 Å². The first-order valence-corrected chi connectivity index (χ1v) is 5.12. The first-order chi connectivity index (χ1) is 6.84. The van der Waals surface area contributed by atoms with E-state index < -0.39 is 0 Å². The Balaban J connectivity index is 2.10. The van der Waals surface area contributed by atoms with E-state index in [0.29, 0.717) is 12.1 Å². The molecule has 78 valence electrons. The van der Waals surface area contributed by atoms with Gasteiger partial charge in [-0.3, -0.25) is 4.79 Å². The number of hydrogen-bond donors (Lipinski definition) is 2. The van der Waals surface area contributed by atoms with E-state index in [1.807, 2.05) is 6.07 Å². The van der Waals surface area contributed by atoms with Crippen molar-refractivity contribution in [2.45, 2.75) is 32.1 Å². The van der Waals surface area contributed by atoms with Gasteiger partial charge in [0.1, 0.15) is 0 Å². The number of unbranched alkanes of at least 4 members (excludes halogenated alkanes) is 3. The molecule has 0 saturated heterocycles. The number of carbonyl (C=O) groups is 1. The van der Waals surface area contributed by atoms with Crippen molar-refractivity contribution in [2.75, 3.05) is 6.61 Å². The maximum absolute atomic E-state index is 11.5. The molecule has 0 aliphatic rings. The summed E-state index contributed by atoms with van der Waals surface area (Å²) in [7, 11) is 0. The largest absolute Gasteiger partial charge is 0.396 e. The lowest BCUT2D eigenvalue weighted by Gasteiger charge is -1.98. The maximum Gasteiger partial charge on any atom is 0.178 e. The Bertz CT molecular complexity index is 254. The second kappa shape index (κ2) is 6.38. The van der Waals surface area contributed by atoms with Crippen LogP contribution in [-0.4, -0.2) is 22.5 Å². The number of hydrogen-bond acceptors (Lipinski definition) is 2. The Labute approximate surface area is 84.2 Å². The van der Waals surface area contributed by atoms with Crippen LogP contribution < -0.4 is 0 Å². The number of nitrogens with one attached hydrogen (secondary N) is 1.